The second-order valence-corrected chi connectivity index (χ2v) is 10.4. The molecular formula is C27H27ClN6O2. The number of benzene rings is 2. The van der Waals surface area contributed by atoms with Crippen molar-refractivity contribution in [1.29, 1.82) is 5.26 Å². The Hall–Kier alpha value is -3.83. The van der Waals surface area contributed by atoms with E-state index in [-0.39, 0.29) is 6.09 Å². The number of aromatic nitrogens is 2. The van der Waals surface area contributed by atoms with Crippen LogP contribution in [-0.2, 0) is 30.8 Å². The van der Waals surface area contributed by atoms with Gasteiger partial charge in [-0.1, -0.05) is 17.7 Å². The molecule has 8 nitrogen and oxygen atoms in total. The lowest BCUT2D eigenvalue weighted by molar-refractivity contribution is 0.0242. The highest BCUT2D eigenvalue weighted by Gasteiger charge is 2.28. The van der Waals surface area contributed by atoms with Crippen LogP contribution in [0, 0.1) is 11.3 Å². The maximum Gasteiger partial charge on any atom is 0.410 e. The van der Waals surface area contributed by atoms with Crippen LogP contribution in [-0.4, -0.2) is 33.1 Å². The minimum absolute atomic E-state index is 0.300. The van der Waals surface area contributed by atoms with Crippen molar-refractivity contribution in [3.63, 3.8) is 0 Å². The summed E-state index contributed by atoms with van der Waals surface area (Å²) in [6, 6.07) is 13.7. The van der Waals surface area contributed by atoms with Crippen LogP contribution in [0.1, 0.15) is 48.7 Å². The molecule has 2 aliphatic rings. The van der Waals surface area contributed by atoms with E-state index in [4.69, 9.17) is 21.6 Å². The first-order valence-electron chi connectivity index (χ1n) is 11.8. The van der Waals surface area contributed by atoms with E-state index < -0.39 is 5.60 Å². The van der Waals surface area contributed by atoms with E-state index in [2.05, 4.69) is 32.3 Å². The molecule has 0 radical (unpaired) electrons. The summed E-state index contributed by atoms with van der Waals surface area (Å²) < 4.78 is 5.53. The molecule has 184 valence electrons. The van der Waals surface area contributed by atoms with Gasteiger partial charge in [-0.2, -0.15) is 5.26 Å². The van der Waals surface area contributed by atoms with Gasteiger partial charge in [0, 0.05) is 36.6 Å². The van der Waals surface area contributed by atoms with Crippen LogP contribution in [0.15, 0.2) is 42.7 Å². The van der Waals surface area contributed by atoms with E-state index in [1.165, 1.54) is 0 Å². The van der Waals surface area contributed by atoms with E-state index in [1.807, 2.05) is 45.0 Å². The highest BCUT2D eigenvalue weighted by atomic mass is 35.5. The second kappa shape index (κ2) is 9.32. The molecule has 1 amide bonds. The highest BCUT2D eigenvalue weighted by molar-refractivity contribution is 6.32. The van der Waals surface area contributed by atoms with Crippen LogP contribution < -0.4 is 10.2 Å². The summed E-state index contributed by atoms with van der Waals surface area (Å²) >= 11 is 6.25. The quantitative estimate of drug-likeness (QED) is 0.501. The first kappa shape index (κ1) is 23.9. The summed E-state index contributed by atoms with van der Waals surface area (Å²) in [5, 5.41) is 13.0. The third-order valence-electron chi connectivity index (χ3n) is 6.29. The number of hydrogen-bond donors (Lipinski definition) is 1. The monoisotopic (exact) mass is 502 g/mol. The molecule has 1 aromatic heterocycles. The molecule has 9 heteroatoms. The van der Waals surface area contributed by atoms with E-state index in [0.29, 0.717) is 30.2 Å². The third kappa shape index (κ3) is 4.93. The summed E-state index contributed by atoms with van der Waals surface area (Å²) in [5.41, 5.74) is 6.08. The van der Waals surface area contributed by atoms with Gasteiger partial charge in [0.25, 0.3) is 0 Å². The van der Waals surface area contributed by atoms with Gasteiger partial charge in [0.15, 0.2) is 0 Å². The number of nitrogens with zero attached hydrogens (tertiary/aromatic N) is 5. The number of fused-ring (bicyclic) bond motifs is 2. The van der Waals surface area contributed by atoms with Crippen LogP contribution >= 0.6 is 11.6 Å². The predicted octanol–water partition coefficient (Wildman–Crippen LogP) is 5.56. The van der Waals surface area contributed by atoms with Gasteiger partial charge in [-0.05, 0) is 68.7 Å². The number of amides is 1. The van der Waals surface area contributed by atoms with Gasteiger partial charge in [-0.3, -0.25) is 4.90 Å². The minimum atomic E-state index is -0.521. The summed E-state index contributed by atoms with van der Waals surface area (Å²) in [6.45, 7) is 8.09. The zero-order valence-corrected chi connectivity index (χ0v) is 21.3. The average molecular weight is 503 g/mol. The SMILES string of the molecule is CC(C)(C)OC(=O)N1Cc2ccc(Nc3ncnc4c3CCN(c3ccc(C#N)c(Cl)c3)C4)cc2C1. The molecule has 3 aromatic rings. The van der Waals surface area contributed by atoms with Crippen LogP contribution in [0.4, 0.5) is 22.0 Å². The van der Waals surface area contributed by atoms with E-state index in [0.717, 1.165) is 52.5 Å². The fourth-order valence-electron chi connectivity index (χ4n) is 4.54. The zero-order chi connectivity index (χ0) is 25.4. The Kier molecular flexibility index (Phi) is 6.19. The van der Waals surface area contributed by atoms with Gasteiger partial charge in [0.1, 0.15) is 23.8 Å². The van der Waals surface area contributed by atoms with Crippen molar-refractivity contribution < 1.29 is 9.53 Å². The molecule has 0 saturated heterocycles. The van der Waals surface area contributed by atoms with Crippen LogP contribution in [0.3, 0.4) is 0 Å². The predicted molar refractivity (Wildman–Crippen MR) is 138 cm³/mol. The third-order valence-corrected chi connectivity index (χ3v) is 6.60. The Labute approximate surface area is 215 Å². The largest absolute Gasteiger partial charge is 0.444 e. The summed E-state index contributed by atoms with van der Waals surface area (Å²) in [6.07, 6.45) is 2.05. The van der Waals surface area contributed by atoms with Crippen molar-refractivity contribution >= 4 is 34.9 Å². The number of anilines is 3. The Morgan fingerprint density at radius 3 is 2.67 bits per heavy atom. The van der Waals surface area contributed by atoms with Crippen molar-refractivity contribution in [1.82, 2.24) is 14.9 Å². The maximum atomic E-state index is 12.5. The highest BCUT2D eigenvalue weighted by Crippen LogP contribution is 2.32. The normalized spacial score (nSPS) is 14.6. The van der Waals surface area contributed by atoms with E-state index >= 15 is 0 Å². The molecule has 3 heterocycles. The summed E-state index contributed by atoms with van der Waals surface area (Å²) in [7, 11) is 0. The lowest BCUT2D eigenvalue weighted by Gasteiger charge is -2.31. The van der Waals surface area contributed by atoms with Crippen molar-refractivity contribution in [2.24, 2.45) is 0 Å². The molecule has 0 aliphatic carbocycles. The molecule has 36 heavy (non-hydrogen) atoms. The first-order chi connectivity index (χ1) is 17.2. The van der Waals surface area contributed by atoms with Gasteiger partial charge in [0.05, 0.1) is 22.8 Å². The molecule has 5 rings (SSSR count). The van der Waals surface area contributed by atoms with E-state index in [1.54, 1.807) is 17.3 Å². The van der Waals surface area contributed by atoms with Gasteiger partial charge in [0.2, 0.25) is 0 Å². The smallest absolute Gasteiger partial charge is 0.410 e. The van der Waals surface area contributed by atoms with Crippen molar-refractivity contribution in [2.75, 3.05) is 16.8 Å². The van der Waals surface area contributed by atoms with Crippen LogP contribution in [0.2, 0.25) is 5.02 Å². The van der Waals surface area contributed by atoms with Crippen molar-refractivity contribution in [3.8, 4) is 6.07 Å². The topological polar surface area (TPSA) is 94.4 Å². The Bertz CT molecular complexity index is 1380. The standard InChI is InChI=1S/C27H27ClN6O2/c1-27(2,3)36-26(35)34-13-18-4-6-20(10-19(18)14-34)32-25-22-8-9-33(15-24(22)30-16-31-25)21-7-5-17(12-29)23(28)11-21/h4-7,10-11,16H,8-9,13-15H2,1-3H3,(H,30,31,32). The molecule has 2 aromatic carbocycles. The molecule has 0 unspecified atom stereocenters. The van der Waals surface area contributed by atoms with Gasteiger partial charge >= 0.3 is 6.09 Å². The Morgan fingerprint density at radius 2 is 1.92 bits per heavy atom. The second-order valence-electron chi connectivity index (χ2n) is 10.0. The summed E-state index contributed by atoms with van der Waals surface area (Å²) in [4.78, 5) is 25.5. The molecular weight excluding hydrogens is 476 g/mol. The zero-order valence-electron chi connectivity index (χ0n) is 20.5. The van der Waals surface area contributed by atoms with Crippen LogP contribution in [0.25, 0.3) is 0 Å². The lowest BCUT2D eigenvalue weighted by Crippen LogP contribution is -2.33. The Morgan fingerprint density at radius 1 is 1.11 bits per heavy atom. The fourth-order valence-corrected chi connectivity index (χ4v) is 4.76. The molecule has 1 N–H and O–H groups in total. The molecule has 0 atom stereocenters. The van der Waals surface area contributed by atoms with Crippen molar-refractivity contribution in [3.05, 3.63) is 75.7 Å². The number of rotatable bonds is 3. The fraction of sp³-hybridized carbons (Fsp3) is 0.333. The number of hydrogen-bond acceptors (Lipinski definition) is 7. The van der Waals surface area contributed by atoms with Gasteiger partial charge in [-0.15, -0.1) is 0 Å². The summed E-state index contributed by atoms with van der Waals surface area (Å²) in [5.74, 6) is 0.791. The molecule has 0 spiro atoms. The molecule has 0 bridgehead atoms. The molecule has 0 saturated carbocycles. The number of nitriles is 1. The first-order valence-corrected chi connectivity index (χ1v) is 12.2. The van der Waals surface area contributed by atoms with Gasteiger partial charge < -0.3 is 15.0 Å². The maximum absolute atomic E-state index is 12.5. The van der Waals surface area contributed by atoms with Crippen LogP contribution in [0.5, 0.6) is 0 Å². The van der Waals surface area contributed by atoms with Gasteiger partial charge in [-0.25, -0.2) is 14.8 Å². The number of ether oxygens (including phenoxy) is 1. The van der Waals surface area contributed by atoms with E-state index in [9.17, 15) is 4.79 Å². The number of carbonyl (C=O) groups is 1. The minimum Gasteiger partial charge on any atom is -0.444 e. The lowest BCUT2D eigenvalue weighted by atomic mass is 10.0. The Balaban J connectivity index is 1.30. The number of carbonyl (C=O) groups excluding carboxylic acids is 1. The molecule has 0 fully saturated rings. The van der Waals surface area contributed by atoms with Crippen molar-refractivity contribution in [2.45, 2.75) is 52.4 Å². The number of nitrogens with one attached hydrogen (secondary N) is 1. The number of halogens is 1. The molecule has 2 aliphatic heterocycles. The average Bonchev–Trinajstić information content (AvgIpc) is 3.27.